The van der Waals surface area contributed by atoms with Gasteiger partial charge in [-0.3, -0.25) is 0 Å². The maximum Gasteiger partial charge on any atom is 0.327 e. The number of carboxylic acid groups (broad SMARTS) is 1. The molecule has 1 aliphatic carbocycles. The molecule has 2 aromatic carbocycles. The zero-order valence-electron chi connectivity index (χ0n) is 12.6. The number of carbonyl (C=O) groups is 1. The molecule has 0 radical (unpaired) electrons. The van der Waals surface area contributed by atoms with Gasteiger partial charge in [0.2, 0.25) is 0 Å². The van der Waals surface area contributed by atoms with Gasteiger partial charge >= 0.3 is 5.97 Å². The van der Waals surface area contributed by atoms with Gasteiger partial charge in [0.15, 0.2) is 0 Å². The molecule has 0 bridgehead atoms. The second-order valence-electron chi connectivity index (χ2n) is 6.18. The monoisotopic (exact) mass is 314 g/mol. The minimum atomic E-state index is -1.01. The Morgan fingerprint density at radius 1 is 1.00 bits per heavy atom. The summed E-state index contributed by atoms with van der Waals surface area (Å²) in [4.78, 5) is 10.9. The largest absolute Gasteiger partial charge is 0.478 e. The van der Waals surface area contributed by atoms with Crippen molar-refractivity contribution in [3.8, 4) is 0 Å². The van der Waals surface area contributed by atoms with E-state index in [2.05, 4.69) is 0 Å². The third-order valence-corrected chi connectivity index (χ3v) is 4.75. The second kappa shape index (κ2) is 5.30. The highest BCUT2D eigenvalue weighted by atomic mass is 19.1. The molecule has 2 nitrogen and oxygen atoms in total. The number of rotatable bonds is 4. The van der Waals surface area contributed by atoms with E-state index in [1.165, 1.54) is 24.3 Å². The van der Waals surface area contributed by atoms with Crippen molar-refractivity contribution in [3.05, 3.63) is 83.4 Å². The van der Waals surface area contributed by atoms with Crippen molar-refractivity contribution in [3.63, 3.8) is 0 Å². The molecule has 0 aliphatic heterocycles. The molecule has 1 N–H and O–H groups in total. The number of hydrogen-bond donors (Lipinski definition) is 1. The third kappa shape index (κ3) is 2.54. The van der Waals surface area contributed by atoms with Gasteiger partial charge in [-0.2, -0.15) is 0 Å². The van der Waals surface area contributed by atoms with Gasteiger partial charge in [-0.1, -0.05) is 37.3 Å². The molecule has 0 aromatic heterocycles. The van der Waals surface area contributed by atoms with E-state index in [9.17, 15) is 13.6 Å². The topological polar surface area (TPSA) is 37.3 Å². The Hall–Kier alpha value is -2.49. The summed E-state index contributed by atoms with van der Waals surface area (Å²) >= 11 is 0. The highest BCUT2D eigenvalue weighted by molar-refractivity contribution is 5.80. The van der Waals surface area contributed by atoms with Crippen LogP contribution in [0.15, 0.2) is 60.7 Å². The predicted molar refractivity (Wildman–Crippen MR) is 83.1 cm³/mol. The van der Waals surface area contributed by atoms with Gasteiger partial charge in [0.1, 0.15) is 11.6 Å². The fourth-order valence-electron chi connectivity index (χ4n) is 3.46. The maximum atomic E-state index is 13.3. The number of halogens is 2. The molecule has 0 spiro atoms. The van der Waals surface area contributed by atoms with E-state index in [-0.39, 0.29) is 11.6 Å². The lowest BCUT2D eigenvalue weighted by atomic mass is 9.80. The molecular formula is C19H16F2O2. The lowest BCUT2D eigenvalue weighted by Crippen LogP contribution is -2.17. The average Bonchev–Trinajstić information content (AvgIpc) is 3.14. The van der Waals surface area contributed by atoms with Crippen LogP contribution in [-0.2, 0) is 10.2 Å². The van der Waals surface area contributed by atoms with Crippen LogP contribution in [0, 0.1) is 17.0 Å². The minimum absolute atomic E-state index is 0.327. The van der Waals surface area contributed by atoms with E-state index in [4.69, 9.17) is 5.11 Å². The van der Waals surface area contributed by atoms with Crippen LogP contribution in [0.2, 0.25) is 0 Å². The summed E-state index contributed by atoms with van der Waals surface area (Å²) < 4.78 is 26.5. The Morgan fingerprint density at radius 3 is 1.83 bits per heavy atom. The standard InChI is InChI=1S/C19H16F2O2/c1-18(11-10-17(22)23)12-19(18,13-2-6-15(20)7-3-13)14-4-8-16(21)9-5-14/h2-11H,12H2,1H3,(H,22,23)/b11-10+/t18-/m0/s1. The first-order valence-corrected chi connectivity index (χ1v) is 7.32. The fraction of sp³-hybridized carbons (Fsp3) is 0.211. The van der Waals surface area contributed by atoms with Crippen LogP contribution >= 0.6 is 0 Å². The first kappa shape index (κ1) is 15.4. The van der Waals surface area contributed by atoms with E-state index < -0.39 is 16.8 Å². The van der Waals surface area contributed by atoms with Crippen molar-refractivity contribution in [1.82, 2.24) is 0 Å². The van der Waals surface area contributed by atoms with E-state index in [1.807, 2.05) is 6.92 Å². The SMILES string of the molecule is C[C@]1(/C=C/C(=O)O)CC1(c1ccc(F)cc1)c1ccc(F)cc1. The van der Waals surface area contributed by atoms with Crippen LogP contribution in [0.1, 0.15) is 24.5 Å². The van der Waals surface area contributed by atoms with Gasteiger partial charge in [-0.25, -0.2) is 13.6 Å². The number of aliphatic carboxylic acids is 1. The Bertz CT molecular complexity index is 717. The van der Waals surface area contributed by atoms with Gasteiger partial charge in [-0.15, -0.1) is 0 Å². The summed E-state index contributed by atoms with van der Waals surface area (Å²) in [6.45, 7) is 1.96. The smallest absolute Gasteiger partial charge is 0.327 e. The van der Waals surface area contributed by atoms with Crippen LogP contribution < -0.4 is 0 Å². The van der Waals surface area contributed by atoms with Crippen LogP contribution in [0.25, 0.3) is 0 Å². The molecule has 0 amide bonds. The first-order valence-electron chi connectivity index (χ1n) is 7.32. The fourth-order valence-corrected chi connectivity index (χ4v) is 3.46. The highest BCUT2D eigenvalue weighted by Gasteiger charge is 2.64. The van der Waals surface area contributed by atoms with Gasteiger partial charge < -0.3 is 5.11 Å². The maximum absolute atomic E-state index is 13.3. The van der Waals surface area contributed by atoms with Gasteiger partial charge in [0.25, 0.3) is 0 Å². The summed E-state index contributed by atoms with van der Waals surface area (Å²) in [5, 5.41) is 8.90. The van der Waals surface area contributed by atoms with Crippen molar-refractivity contribution in [2.75, 3.05) is 0 Å². The predicted octanol–water partition coefficient (Wildman–Crippen LogP) is 4.30. The molecule has 23 heavy (non-hydrogen) atoms. The molecule has 118 valence electrons. The molecule has 0 unspecified atom stereocenters. The van der Waals surface area contributed by atoms with Crippen LogP contribution in [0.5, 0.6) is 0 Å². The summed E-state index contributed by atoms with van der Waals surface area (Å²) in [6, 6.07) is 12.4. The molecular weight excluding hydrogens is 298 g/mol. The molecule has 1 fully saturated rings. The molecule has 1 aliphatic rings. The number of allylic oxidation sites excluding steroid dienone is 1. The third-order valence-electron chi connectivity index (χ3n) is 4.75. The molecule has 3 rings (SSSR count). The van der Waals surface area contributed by atoms with Crippen molar-refractivity contribution in [2.45, 2.75) is 18.8 Å². The first-order chi connectivity index (χ1) is 10.9. The summed E-state index contributed by atoms with van der Waals surface area (Å²) in [5.41, 5.74) is 0.896. The number of benzene rings is 2. The summed E-state index contributed by atoms with van der Waals surface area (Å²) in [5.74, 6) is -1.66. The lowest BCUT2D eigenvalue weighted by Gasteiger charge is -2.22. The van der Waals surface area contributed by atoms with E-state index in [1.54, 1.807) is 30.3 Å². The average molecular weight is 314 g/mol. The van der Waals surface area contributed by atoms with E-state index in [0.717, 1.165) is 17.2 Å². The van der Waals surface area contributed by atoms with Gasteiger partial charge in [0, 0.05) is 16.9 Å². The lowest BCUT2D eigenvalue weighted by molar-refractivity contribution is -0.131. The number of carboxylic acids is 1. The van der Waals surface area contributed by atoms with Crippen molar-refractivity contribution >= 4 is 5.97 Å². The zero-order chi connectivity index (χ0) is 16.7. The number of hydrogen-bond acceptors (Lipinski definition) is 1. The highest BCUT2D eigenvalue weighted by Crippen LogP contribution is 2.68. The zero-order valence-corrected chi connectivity index (χ0v) is 12.6. The Morgan fingerprint density at radius 2 is 1.43 bits per heavy atom. The van der Waals surface area contributed by atoms with Crippen molar-refractivity contribution < 1.29 is 18.7 Å². The van der Waals surface area contributed by atoms with Crippen molar-refractivity contribution in [1.29, 1.82) is 0 Å². The molecule has 2 aromatic rings. The summed E-state index contributed by atoms with van der Waals surface area (Å²) in [6.07, 6.45) is 3.48. The van der Waals surface area contributed by atoms with Gasteiger partial charge in [-0.05, 0) is 41.8 Å². The van der Waals surface area contributed by atoms with E-state index >= 15 is 0 Å². The Labute approximate surface area is 133 Å². The van der Waals surface area contributed by atoms with Gasteiger partial charge in [0.05, 0.1) is 0 Å². The van der Waals surface area contributed by atoms with Crippen LogP contribution in [0.3, 0.4) is 0 Å². The molecule has 1 saturated carbocycles. The molecule has 0 saturated heterocycles. The Kier molecular flexibility index (Phi) is 3.55. The van der Waals surface area contributed by atoms with Crippen LogP contribution in [0.4, 0.5) is 8.78 Å². The quantitative estimate of drug-likeness (QED) is 0.854. The van der Waals surface area contributed by atoms with Crippen molar-refractivity contribution in [2.24, 2.45) is 5.41 Å². The second-order valence-corrected chi connectivity index (χ2v) is 6.18. The Balaban J connectivity index is 2.10. The molecule has 4 heteroatoms. The minimum Gasteiger partial charge on any atom is -0.478 e. The molecule has 1 atom stereocenters. The summed E-state index contributed by atoms with van der Waals surface area (Å²) in [7, 11) is 0. The van der Waals surface area contributed by atoms with E-state index in [0.29, 0.717) is 6.42 Å². The van der Waals surface area contributed by atoms with Crippen LogP contribution in [-0.4, -0.2) is 11.1 Å². The molecule has 0 heterocycles. The normalized spacial score (nSPS) is 22.2.